The summed E-state index contributed by atoms with van der Waals surface area (Å²) in [6.45, 7) is 24.2. The molecular weight excluding hydrogens is 963 g/mol. The van der Waals surface area contributed by atoms with Gasteiger partial charge in [-0.05, 0) is 118 Å². The molecule has 1 aliphatic rings. The Labute approximate surface area is 488 Å². The topological polar surface area (TPSA) is 91.4 Å². The monoisotopic (exact) mass is 1040 g/mol. The minimum atomic E-state index is -2.94. The molecule has 0 aromatic heterocycles. The first kappa shape index (κ1) is 65.6. The van der Waals surface area contributed by atoms with Crippen molar-refractivity contribution in [3.05, 3.63) is 202 Å². The van der Waals surface area contributed by atoms with Crippen molar-refractivity contribution in [2.45, 2.75) is 86.9 Å². The Kier molecular flexibility index (Phi) is 33.8. The van der Waals surface area contributed by atoms with Crippen LogP contribution in [-0.4, -0.2) is 64.5 Å². The number of carbonyl (C=O) groups is 1. The first-order valence-corrected chi connectivity index (χ1v) is 27.6. The second kappa shape index (κ2) is 38.1. The van der Waals surface area contributed by atoms with Crippen LogP contribution in [0.1, 0.15) is 124 Å². The van der Waals surface area contributed by atoms with Gasteiger partial charge in [0.25, 0.3) is 0 Å². The van der Waals surface area contributed by atoms with Gasteiger partial charge >= 0.3 is 59.0 Å². The summed E-state index contributed by atoms with van der Waals surface area (Å²) in [5.41, 5.74) is 10.6. The van der Waals surface area contributed by atoms with Gasteiger partial charge < -0.3 is 28.7 Å². The van der Waals surface area contributed by atoms with Crippen LogP contribution in [0.2, 0.25) is 0 Å². The van der Waals surface area contributed by atoms with Gasteiger partial charge in [0.05, 0.1) is 19.4 Å². The van der Waals surface area contributed by atoms with Gasteiger partial charge in [-0.3, -0.25) is 9.36 Å². The third-order valence-electron chi connectivity index (χ3n) is 11.0. The molecule has 6 aromatic rings. The summed E-state index contributed by atoms with van der Waals surface area (Å²) < 4.78 is 27.5. The van der Waals surface area contributed by atoms with E-state index in [0.717, 1.165) is 56.8 Å². The zero-order valence-corrected chi connectivity index (χ0v) is 50.1. The summed E-state index contributed by atoms with van der Waals surface area (Å²) in [6, 6.07) is 53.5. The second-order valence-corrected chi connectivity index (χ2v) is 20.0. The molecule has 1 aliphatic heterocycles. The maximum atomic E-state index is 12.1. The maximum absolute atomic E-state index is 12.1. The Balaban J connectivity index is 0.000000354. The minimum absolute atomic E-state index is 0. The van der Waals surface area contributed by atoms with Crippen molar-refractivity contribution in [1.82, 2.24) is 0 Å². The van der Waals surface area contributed by atoms with E-state index in [-0.39, 0.29) is 51.4 Å². The Morgan fingerprint density at radius 2 is 0.770 bits per heavy atom. The van der Waals surface area contributed by atoms with E-state index in [9.17, 15) is 14.5 Å². The van der Waals surface area contributed by atoms with Gasteiger partial charge in [0.1, 0.15) is 6.29 Å². The molecule has 7 rings (SSSR count). The van der Waals surface area contributed by atoms with Gasteiger partial charge in [0.15, 0.2) is 0 Å². The van der Waals surface area contributed by atoms with Crippen LogP contribution in [0, 0.1) is 0 Å². The zero-order valence-electron chi connectivity index (χ0n) is 46.1. The molecule has 0 spiro atoms. The van der Waals surface area contributed by atoms with Crippen LogP contribution in [0.5, 0.6) is 0 Å². The summed E-state index contributed by atoms with van der Waals surface area (Å²) in [5.74, 6) is 0. The van der Waals surface area contributed by atoms with Gasteiger partial charge in [-0.1, -0.05) is 191 Å². The predicted octanol–water partition coefficient (Wildman–Crippen LogP) is 12.8. The molecule has 1 heterocycles. The van der Waals surface area contributed by atoms with E-state index in [0.29, 0.717) is 24.9 Å². The molecule has 1 saturated heterocycles. The molecule has 6 aromatic carbocycles. The average Bonchev–Trinajstić information content (AvgIpc) is 4.00. The maximum Gasteiger partial charge on any atom is 1.00 e. The Morgan fingerprint density at radius 1 is 0.486 bits per heavy atom. The van der Waals surface area contributed by atoms with Crippen LogP contribution in [0.25, 0.3) is 36.5 Å². The molecule has 74 heavy (non-hydrogen) atoms. The Morgan fingerprint density at radius 3 is 1.04 bits per heavy atom. The SMILES string of the molecule is C1CCOC1.CC(C)(C)[O-].CCN(CC)c1ccc(/C=C/c2ccc(/C=C/c3ccccc3)cc2)cc1.CCN(CC)c1ccc(/C=C/c2ccc(C=O)cc2)cc1.CCOP(=O)(Cc1ccccc1)OCC.[K+]. The van der Waals surface area contributed by atoms with Crippen molar-refractivity contribution in [3.8, 4) is 0 Å². The van der Waals surface area contributed by atoms with Gasteiger partial charge in [-0.2, -0.15) is 0 Å². The third kappa shape index (κ3) is 28.4. The number of anilines is 2. The number of hydrogen-bond donors (Lipinski definition) is 0. The number of ether oxygens (including phenoxy) is 1. The van der Waals surface area contributed by atoms with Crippen LogP contribution in [0.15, 0.2) is 158 Å². The van der Waals surface area contributed by atoms with Crippen LogP contribution < -0.4 is 66.3 Å². The molecule has 0 unspecified atom stereocenters. The van der Waals surface area contributed by atoms with Crippen LogP contribution in [-0.2, 0) is 24.5 Å². The van der Waals surface area contributed by atoms with Gasteiger partial charge in [-0.15, -0.1) is 5.60 Å². The van der Waals surface area contributed by atoms with E-state index < -0.39 is 13.2 Å². The minimum Gasteiger partial charge on any atom is -0.850 e. The molecule has 10 heteroatoms. The van der Waals surface area contributed by atoms with Gasteiger partial charge in [0.2, 0.25) is 0 Å². The van der Waals surface area contributed by atoms with Crippen LogP contribution in [0.3, 0.4) is 0 Å². The standard InChI is InChI=1S/C26H27N.C19H21NO.C11H17O3P.C4H8O.C4H9O.K/c1-3-27(4-2)26-20-18-25(19-21-26)17-16-24-14-12-23(13-15-24)11-10-22-8-6-5-7-9-22;1-3-20(4-2)19-13-11-17(12-14-19)6-5-16-7-9-18(15-21)10-8-16;1-3-13-15(12,14-4-2)10-11-8-6-5-7-9-11;1-2-4-5-3-1;1-4(2,3)5;/h5-21H,3-4H2,1-2H3;5-15H,3-4H2,1-2H3;5-9H,3-4,10H2,1-2H3;1-4H2;1-3H3;/q;;;;-1;+1/b11-10+,17-16+;6-5+;;;;. The molecule has 8 nitrogen and oxygen atoms in total. The number of carbonyl (C=O) groups excluding carboxylic acids is 1. The van der Waals surface area contributed by atoms with Crippen molar-refractivity contribution in [1.29, 1.82) is 0 Å². The molecule has 0 saturated carbocycles. The summed E-state index contributed by atoms with van der Waals surface area (Å²) in [5, 5.41) is 10.1. The van der Waals surface area contributed by atoms with Crippen LogP contribution in [0.4, 0.5) is 11.4 Å². The molecule has 0 aliphatic carbocycles. The van der Waals surface area contributed by atoms with E-state index in [4.69, 9.17) is 13.8 Å². The smallest absolute Gasteiger partial charge is 0.850 e. The zero-order chi connectivity index (χ0) is 53.2. The second-order valence-electron chi connectivity index (χ2n) is 17.9. The van der Waals surface area contributed by atoms with Gasteiger partial charge in [-0.25, -0.2) is 0 Å². The predicted molar refractivity (Wildman–Crippen MR) is 312 cm³/mol. The van der Waals surface area contributed by atoms with E-state index in [1.807, 2.05) is 74.5 Å². The van der Waals surface area contributed by atoms with Crippen molar-refractivity contribution >= 4 is 61.7 Å². The molecular formula is C64H82KN2O6P. The van der Waals surface area contributed by atoms with E-state index in [2.05, 4.69) is 171 Å². The Hall–Kier alpha value is -4.48. The number of hydrogen-bond acceptors (Lipinski definition) is 8. The number of aldehydes is 1. The molecule has 390 valence electrons. The molecule has 0 atom stereocenters. The van der Waals surface area contributed by atoms with Crippen molar-refractivity contribution < 1.29 is 79.6 Å². The van der Waals surface area contributed by atoms with Crippen LogP contribution >= 0.6 is 7.60 Å². The van der Waals surface area contributed by atoms with E-state index >= 15 is 0 Å². The van der Waals surface area contributed by atoms with E-state index in [1.165, 1.54) is 52.0 Å². The molecule has 1 fully saturated rings. The van der Waals surface area contributed by atoms with Crippen molar-refractivity contribution in [2.75, 3.05) is 62.4 Å². The number of benzene rings is 6. The average molecular weight is 1050 g/mol. The van der Waals surface area contributed by atoms with E-state index in [1.54, 1.807) is 20.8 Å². The number of nitrogens with zero attached hydrogens (tertiary/aromatic N) is 2. The molecule has 0 N–H and O–H groups in total. The Bertz CT molecular complexity index is 2470. The largest absolute Gasteiger partial charge is 1.00 e. The summed E-state index contributed by atoms with van der Waals surface area (Å²) in [6.07, 6.45) is 16.5. The first-order chi connectivity index (χ1) is 35.2. The fraction of sp³-hybridized carbons (Fsp3) is 0.328. The van der Waals surface area contributed by atoms with Crippen molar-refractivity contribution in [2.24, 2.45) is 0 Å². The molecule has 0 amide bonds. The first-order valence-electron chi connectivity index (χ1n) is 25.9. The molecule has 0 bridgehead atoms. The summed E-state index contributed by atoms with van der Waals surface area (Å²) in [4.78, 5) is 15.3. The fourth-order valence-electron chi connectivity index (χ4n) is 7.15. The normalized spacial score (nSPS) is 12.0. The number of rotatable bonds is 19. The quantitative estimate of drug-likeness (QED) is 0.0343. The molecule has 0 radical (unpaired) electrons. The summed E-state index contributed by atoms with van der Waals surface area (Å²) in [7, 11) is -2.94. The summed E-state index contributed by atoms with van der Waals surface area (Å²) >= 11 is 0. The van der Waals surface area contributed by atoms with Gasteiger partial charge in [0, 0.05) is 56.3 Å². The fourth-order valence-corrected chi connectivity index (χ4v) is 8.86. The van der Waals surface area contributed by atoms with Crippen molar-refractivity contribution in [3.63, 3.8) is 0 Å². The third-order valence-corrected chi connectivity index (χ3v) is 13.0.